The number of aliphatic hydroxyl groups is 4. The quantitative estimate of drug-likeness (QED) is 0.546. The molecule has 2 bridgehead atoms. The van der Waals surface area contributed by atoms with E-state index in [1.165, 1.54) is 0 Å². The fraction of sp³-hybridized carbons (Fsp3) is 0.867. The number of fused-ring (bicyclic) bond motifs is 2. The molecule has 0 spiro atoms. The molecule has 0 amide bonds. The SMILES string of the molecule is OCC1CC2C[C@](O)(C1O)[C@H](O)C2OC1CC=CCC1. The van der Waals surface area contributed by atoms with Crippen LogP contribution in [0.5, 0.6) is 0 Å². The van der Waals surface area contributed by atoms with Gasteiger partial charge in [-0.15, -0.1) is 0 Å². The van der Waals surface area contributed by atoms with Crippen LogP contribution < -0.4 is 0 Å². The van der Waals surface area contributed by atoms with Crippen molar-refractivity contribution < 1.29 is 25.2 Å². The van der Waals surface area contributed by atoms with Crippen LogP contribution in [0.1, 0.15) is 32.1 Å². The van der Waals surface area contributed by atoms with E-state index in [1.807, 2.05) is 0 Å². The zero-order valence-corrected chi connectivity index (χ0v) is 11.6. The normalized spacial score (nSPS) is 51.4. The molecule has 3 aliphatic rings. The smallest absolute Gasteiger partial charge is 0.119 e. The van der Waals surface area contributed by atoms with E-state index in [-0.39, 0.29) is 24.5 Å². The molecule has 0 radical (unpaired) electrons. The van der Waals surface area contributed by atoms with Crippen LogP contribution in [0.2, 0.25) is 0 Å². The highest BCUT2D eigenvalue weighted by atomic mass is 16.5. The molecule has 3 rings (SSSR count). The maximum absolute atomic E-state index is 10.6. The molecule has 0 heterocycles. The highest BCUT2D eigenvalue weighted by Crippen LogP contribution is 2.49. The average Bonchev–Trinajstić information content (AvgIpc) is 2.67. The van der Waals surface area contributed by atoms with E-state index in [0.717, 1.165) is 19.3 Å². The molecule has 2 saturated carbocycles. The van der Waals surface area contributed by atoms with Crippen molar-refractivity contribution in [2.24, 2.45) is 11.8 Å². The summed E-state index contributed by atoms with van der Waals surface area (Å²) < 4.78 is 6.03. The first-order valence-electron chi connectivity index (χ1n) is 7.56. The predicted molar refractivity (Wildman–Crippen MR) is 71.9 cm³/mol. The monoisotopic (exact) mass is 284 g/mol. The first-order valence-corrected chi connectivity index (χ1v) is 7.56. The molecule has 20 heavy (non-hydrogen) atoms. The Balaban J connectivity index is 1.75. The molecule has 0 aromatic rings. The number of aliphatic hydroxyl groups excluding tert-OH is 3. The molecule has 0 aromatic heterocycles. The Morgan fingerprint density at radius 1 is 1.20 bits per heavy atom. The van der Waals surface area contributed by atoms with E-state index < -0.39 is 23.9 Å². The molecule has 2 fully saturated rings. The van der Waals surface area contributed by atoms with Gasteiger partial charge < -0.3 is 25.2 Å². The van der Waals surface area contributed by atoms with Crippen molar-refractivity contribution in [2.75, 3.05) is 6.61 Å². The maximum atomic E-state index is 10.6. The van der Waals surface area contributed by atoms with Gasteiger partial charge in [0.2, 0.25) is 0 Å². The van der Waals surface area contributed by atoms with Crippen molar-refractivity contribution in [1.29, 1.82) is 0 Å². The van der Waals surface area contributed by atoms with Crippen molar-refractivity contribution in [3.63, 3.8) is 0 Å². The molecular formula is C15H24O5. The highest BCUT2D eigenvalue weighted by Gasteiger charge is 2.62. The van der Waals surface area contributed by atoms with E-state index in [4.69, 9.17) is 4.74 Å². The molecule has 0 aliphatic heterocycles. The Kier molecular flexibility index (Phi) is 3.90. The van der Waals surface area contributed by atoms with Crippen LogP contribution in [-0.4, -0.2) is 57.0 Å². The van der Waals surface area contributed by atoms with Gasteiger partial charge in [-0.3, -0.25) is 0 Å². The fourth-order valence-corrected chi connectivity index (χ4v) is 4.11. The molecule has 4 N–H and O–H groups in total. The molecule has 0 saturated heterocycles. The van der Waals surface area contributed by atoms with Crippen LogP contribution in [-0.2, 0) is 4.74 Å². The van der Waals surface area contributed by atoms with Gasteiger partial charge in [0.05, 0.1) is 18.3 Å². The summed E-state index contributed by atoms with van der Waals surface area (Å²) in [4.78, 5) is 0. The summed E-state index contributed by atoms with van der Waals surface area (Å²) in [6.45, 7) is -0.175. The van der Waals surface area contributed by atoms with Crippen molar-refractivity contribution in [3.8, 4) is 0 Å². The first kappa shape index (κ1) is 14.5. The average molecular weight is 284 g/mol. The van der Waals surface area contributed by atoms with Crippen LogP contribution >= 0.6 is 0 Å². The molecule has 5 nitrogen and oxygen atoms in total. The van der Waals surface area contributed by atoms with Crippen molar-refractivity contribution in [1.82, 2.24) is 0 Å². The summed E-state index contributed by atoms with van der Waals surface area (Å²) in [7, 11) is 0. The molecule has 0 aromatic carbocycles. The molecular weight excluding hydrogens is 260 g/mol. The van der Waals surface area contributed by atoms with Gasteiger partial charge >= 0.3 is 0 Å². The zero-order chi connectivity index (χ0) is 14.3. The lowest BCUT2D eigenvalue weighted by Crippen LogP contribution is -2.55. The van der Waals surface area contributed by atoms with Gasteiger partial charge in [-0.25, -0.2) is 0 Å². The van der Waals surface area contributed by atoms with Gasteiger partial charge in [-0.1, -0.05) is 12.2 Å². The lowest BCUT2D eigenvalue weighted by molar-refractivity contribution is -0.176. The topological polar surface area (TPSA) is 90.2 Å². The minimum Gasteiger partial charge on any atom is -0.396 e. The van der Waals surface area contributed by atoms with Gasteiger partial charge in [-0.05, 0) is 38.0 Å². The van der Waals surface area contributed by atoms with Crippen LogP contribution in [0.15, 0.2) is 12.2 Å². The Hall–Kier alpha value is -0.460. The van der Waals surface area contributed by atoms with Crippen LogP contribution in [0.3, 0.4) is 0 Å². The molecule has 7 atom stereocenters. The summed E-state index contributed by atoms with van der Waals surface area (Å²) in [5.74, 6) is -0.380. The second-order valence-corrected chi connectivity index (χ2v) is 6.53. The lowest BCUT2D eigenvalue weighted by Gasteiger charge is -2.39. The van der Waals surface area contributed by atoms with Crippen LogP contribution in [0, 0.1) is 11.8 Å². The summed E-state index contributed by atoms with van der Waals surface area (Å²) in [5.41, 5.74) is -1.54. The number of rotatable bonds is 3. The van der Waals surface area contributed by atoms with Gasteiger partial charge in [0.1, 0.15) is 11.7 Å². The maximum Gasteiger partial charge on any atom is 0.119 e. The summed E-state index contributed by atoms with van der Waals surface area (Å²) in [5, 5.41) is 40.5. The van der Waals surface area contributed by atoms with Gasteiger partial charge in [0.25, 0.3) is 0 Å². The fourth-order valence-electron chi connectivity index (χ4n) is 4.11. The van der Waals surface area contributed by atoms with E-state index in [2.05, 4.69) is 12.2 Å². The summed E-state index contributed by atoms with van der Waals surface area (Å²) in [6, 6.07) is 0. The van der Waals surface area contributed by atoms with Gasteiger partial charge in [-0.2, -0.15) is 0 Å². The Morgan fingerprint density at radius 3 is 2.65 bits per heavy atom. The van der Waals surface area contributed by atoms with E-state index >= 15 is 0 Å². The third kappa shape index (κ3) is 2.22. The number of ether oxygens (including phenoxy) is 1. The third-order valence-electron chi connectivity index (χ3n) is 5.25. The second kappa shape index (κ2) is 5.39. The molecule has 3 aliphatic carbocycles. The molecule has 5 unspecified atom stereocenters. The zero-order valence-electron chi connectivity index (χ0n) is 11.6. The minimum absolute atomic E-state index is 0.00135. The lowest BCUT2D eigenvalue weighted by atomic mass is 9.76. The first-order chi connectivity index (χ1) is 9.56. The molecule has 114 valence electrons. The Morgan fingerprint density at radius 2 is 2.00 bits per heavy atom. The number of allylic oxidation sites excluding steroid dienone is 1. The van der Waals surface area contributed by atoms with Gasteiger partial charge in [0.15, 0.2) is 0 Å². The minimum atomic E-state index is -1.54. The van der Waals surface area contributed by atoms with E-state index in [1.54, 1.807) is 0 Å². The van der Waals surface area contributed by atoms with E-state index in [0.29, 0.717) is 12.8 Å². The Bertz CT molecular complexity index is 384. The largest absolute Gasteiger partial charge is 0.396 e. The highest BCUT2D eigenvalue weighted by molar-refractivity contribution is 5.12. The Labute approximate surface area is 118 Å². The van der Waals surface area contributed by atoms with Gasteiger partial charge in [0, 0.05) is 12.5 Å². The number of hydrogen-bond acceptors (Lipinski definition) is 5. The van der Waals surface area contributed by atoms with Crippen LogP contribution in [0.25, 0.3) is 0 Å². The summed E-state index contributed by atoms with van der Waals surface area (Å²) >= 11 is 0. The molecule has 5 heteroatoms. The predicted octanol–water partition coefficient (Wildman–Crippen LogP) is -0.0347. The van der Waals surface area contributed by atoms with Crippen molar-refractivity contribution in [3.05, 3.63) is 12.2 Å². The second-order valence-electron chi connectivity index (χ2n) is 6.53. The van der Waals surface area contributed by atoms with Crippen LogP contribution in [0.4, 0.5) is 0 Å². The van der Waals surface area contributed by atoms with E-state index in [9.17, 15) is 20.4 Å². The van der Waals surface area contributed by atoms with Crippen molar-refractivity contribution >= 4 is 0 Å². The van der Waals surface area contributed by atoms with Crippen molar-refractivity contribution in [2.45, 2.75) is 62.1 Å². The number of hydrogen-bond donors (Lipinski definition) is 4. The third-order valence-corrected chi connectivity index (χ3v) is 5.25. The summed E-state index contributed by atoms with van der Waals surface area (Å²) in [6.07, 6.45) is 5.35. The standard InChI is InChI=1S/C15H24O5/c16-8-10-6-9-7-15(19,13(10)17)14(18)12(9)20-11-4-2-1-3-5-11/h1-2,9-14,16-19H,3-8H2/t9?,10?,11?,12?,13?,14-,15+/m1/s1.